The molecule has 1 heterocycles. The van der Waals surface area contributed by atoms with Crippen LogP contribution in [0.4, 0.5) is 4.79 Å². The Morgan fingerprint density at radius 3 is 2.62 bits per heavy atom. The maximum absolute atomic E-state index is 11.8. The Labute approximate surface area is 96.1 Å². The molecule has 1 aliphatic rings. The predicted molar refractivity (Wildman–Crippen MR) is 60.0 cm³/mol. The monoisotopic (exact) mass is 228 g/mol. The molecular weight excluding hydrogens is 208 g/mol. The van der Waals surface area contributed by atoms with Gasteiger partial charge in [0.25, 0.3) is 0 Å². The predicted octanol–water partition coefficient (Wildman–Crippen LogP) is 1.13. The van der Waals surface area contributed by atoms with Gasteiger partial charge >= 0.3 is 12.0 Å². The van der Waals surface area contributed by atoms with Crippen LogP contribution >= 0.6 is 0 Å². The first-order valence-electron chi connectivity index (χ1n) is 5.71. The van der Waals surface area contributed by atoms with Gasteiger partial charge in [-0.25, -0.2) is 9.59 Å². The van der Waals surface area contributed by atoms with E-state index in [4.69, 9.17) is 4.74 Å². The fourth-order valence-electron chi connectivity index (χ4n) is 1.89. The second-order valence-corrected chi connectivity index (χ2v) is 4.33. The third-order valence-corrected chi connectivity index (χ3v) is 2.65. The second kappa shape index (κ2) is 5.72. The van der Waals surface area contributed by atoms with Crippen LogP contribution in [0.5, 0.6) is 0 Å². The number of carbonyl (C=O) groups excluding carboxylic acids is 2. The quantitative estimate of drug-likeness (QED) is 0.721. The number of ether oxygens (including phenoxy) is 1. The molecule has 2 amide bonds. The standard InChI is InChI=1S/C11H20N2O3/c1-8(2)12-11(15)13-7-5-4-6-9(13)10(14)16-3/h8-9H,4-7H2,1-3H3,(H,12,15). The van der Waals surface area contributed by atoms with Crippen LogP contribution in [0, 0.1) is 0 Å². The number of hydrogen-bond acceptors (Lipinski definition) is 3. The summed E-state index contributed by atoms with van der Waals surface area (Å²) in [6, 6.07) is -0.518. The van der Waals surface area contributed by atoms with Crippen molar-refractivity contribution >= 4 is 12.0 Å². The van der Waals surface area contributed by atoms with Crippen molar-refractivity contribution in [2.75, 3.05) is 13.7 Å². The summed E-state index contributed by atoms with van der Waals surface area (Å²) in [6.45, 7) is 4.42. The first kappa shape index (κ1) is 12.8. The lowest BCUT2D eigenvalue weighted by Gasteiger charge is -2.34. The number of amides is 2. The van der Waals surface area contributed by atoms with Crippen molar-refractivity contribution in [3.63, 3.8) is 0 Å². The normalized spacial score (nSPS) is 20.8. The van der Waals surface area contributed by atoms with Crippen LogP contribution in [-0.4, -0.2) is 42.6 Å². The minimum absolute atomic E-state index is 0.0766. The van der Waals surface area contributed by atoms with Crippen LogP contribution in [0.1, 0.15) is 33.1 Å². The summed E-state index contributed by atoms with van der Waals surface area (Å²) in [6.07, 6.45) is 2.60. The molecule has 1 unspecified atom stereocenters. The van der Waals surface area contributed by atoms with Gasteiger partial charge in [-0.1, -0.05) is 0 Å². The molecule has 0 aromatic heterocycles. The minimum Gasteiger partial charge on any atom is -0.467 e. The number of likely N-dealkylation sites (tertiary alicyclic amines) is 1. The summed E-state index contributed by atoms with van der Waals surface area (Å²) < 4.78 is 4.71. The van der Waals surface area contributed by atoms with Gasteiger partial charge in [0.15, 0.2) is 0 Å². The summed E-state index contributed by atoms with van der Waals surface area (Å²) in [5.41, 5.74) is 0. The number of carbonyl (C=O) groups is 2. The molecule has 0 aromatic carbocycles. The highest BCUT2D eigenvalue weighted by Crippen LogP contribution is 2.18. The molecule has 0 saturated carbocycles. The van der Waals surface area contributed by atoms with E-state index in [-0.39, 0.29) is 18.0 Å². The van der Waals surface area contributed by atoms with E-state index in [1.165, 1.54) is 7.11 Å². The van der Waals surface area contributed by atoms with Crippen molar-refractivity contribution in [2.45, 2.75) is 45.2 Å². The fourth-order valence-corrected chi connectivity index (χ4v) is 1.89. The van der Waals surface area contributed by atoms with E-state index in [0.29, 0.717) is 13.0 Å². The Balaban J connectivity index is 2.66. The average Bonchev–Trinajstić information content (AvgIpc) is 2.27. The van der Waals surface area contributed by atoms with Crippen molar-refractivity contribution in [1.29, 1.82) is 0 Å². The van der Waals surface area contributed by atoms with E-state index in [9.17, 15) is 9.59 Å². The Bertz CT molecular complexity index is 266. The van der Waals surface area contributed by atoms with Gasteiger partial charge in [0.1, 0.15) is 6.04 Å². The molecule has 1 atom stereocenters. The summed E-state index contributed by atoms with van der Waals surface area (Å²) in [5, 5.41) is 2.80. The smallest absolute Gasteiger partial charge is 0.328 e. The molecule has 1 aliphatic heterocycles. The van der Waals surface area contributed by atoms with Gasteiger partial charge in [-0.05, 0) is 33.1 Å². The zero-order chi connectivity index (χ0) is 12.1. The number of urea groups is 1. The summed E-state index contributed by atoms with van der Waals surface area (Å²) >= 11 is 0. The molecule has 5 nitrogen and oxygen atoms in total. The van der Waals surface area contributed by atoms with E-state index < -0.39 is 6.04 Å². The number of methoxy groups -OCH3 is 1. The zero-order valence-electron chi connectivity index (χ0n) is 10.2. The minimum atomic E-state index is -0.419. The van der Waals surface area contributed by atoms with E-state index in [2.05, 4.69) is 5.32 Å². The van der Waals surface area contributed by atoms with Gasteiger partial charge in [-0.15, -0.1) is 0 Å². The second-order valence-electron chi connectivity index (χ2n) is 4.33. The van der Waals surface area contributed by atoms with Crippen LogP contribution in [0.25, 0.3) is 0 Å². The number of nitrogens with zero attached hydrogens (tertiary/aromatic N) is 1. The van der Waals surface area contributed by atoms with Gasteiger partial charge in [-0.2, -0.15) is 0 Å². The Morgan fingerprint density at radius 2 is 2.06 bits per heavy atom. The molecule has 5 heteroatoms. The number of rotatable bonds is 2. The number of hydrogen-bond donors (Lipinski definition) is 1. The van der Waals surface area contributed by atoms with Gasteiger partial charge in [0, 0.05) is 12.6 Å². The van der Waals surface area contributed by atoms with E-state index in [1.807, 2.05) is 13.8 Å². The van der Waals surface area contributed by atoms with Gasteiger partial charge in [-0.3, -0.25) is 0 Å². The SMILES string of the molecule is COC(=O)C1CCCCN1C(=O)NC(C)C. The lowest BCUT2D eigenvalue weighted by atomic mass is 10.0. The summed E-state index contributed by atoms with van der Waals surface area (Å²) in [4.78, 5) is 24.9. The molecule has 1 N–H and O–H groups in total. The topological polar surface area (TPSA) is 58.6 Å². The number of piperidine rings is 1. The molecule has 0 aliphatic carbocycles. The van der Waals surface area contributed by atoms with Crippen LogP contribution in [0.2, 0.25) is 0 Å². The number of nitrogens with one attached hydrogen (secondary N) is 1. The number of esters is 1. The van der Waals surface area contributed by atoms with Crippen LogP contribution in [0.3, 0.4) is 0 Å². The van der Waals surface area contributed by atoms with E-state index >= 15 is 0 Å². The van der Waals surface area contributed by atoms with Crippen molar-refractivity contribution in [3.05, 3.63) is 0 Å². The van der Waals surface area contributed by atoms with Crippen molar-refractivity contribution in [1.82, 2.24) is 10.2 Å². The molecule has 0 radical (unpaired) electrons. The van der Waals surface area contributed by atoms with Crippen molar-refractivity contribution < 1.29 is 14.3 Å². The lowest BCUT2D eigenvalue weighted by Crippen LogP contribution is -2.53. The maximum atomic E-state index is 11.8. The first-order chi connectivity index (χ1) is 7.56. The van der Waals surface area contributed by atoms with Crippen molar-refractivity contribution in [3.8, 4) is 0 Å². The molecule has 0 bridgehead atoms. The molecular formula is C11H20N2O3. The largest absolute Gasteiger partial charge is 0.467 e. The first-order valence-corrected chi connectivity index (χ1v) is 5.71. The summed E-state index contributed by atoms with van der Waals surface area (Å²) in [7, 11) is 1.36. The highest BCUT2D eigenvalue weighted by Gasteiger charge is 2.32. The molecule has 0 aromatic rings. The molecule has 1 saturated heterocycles. The third kappa shape index (κ3) is 3.12. The fraction of sp³-hybridized carbons (Fsp3) is 0.818. The van der Waals surface area contributed by atoms with Gasteiger partial charge < -0.3 is 15.0 Å². The van der Waals surface area contributed by atoms with Crippen LogP contribution < -0.4 is 5.32 Å². The van der Waals surface area contributed by atoms with Crippen LogP contribution in [0.15, 0.2) is 0 Å². The Morgan fingerprint density at radius 1 is 1.38 bits per heavy atom. The van der Waals surface area contributed by atoms with Crippen molar-refractivity contribution in [2.24, 2.45) is 0 Å². The van der Waals surface area contributed by atoms with Crippen LogP contribution in [-0.2, 0) is 9.53 Å². The lowest BCUT2D eigenvalue weighted by molar-refractivity contribution is -0.146. The van der Waals surface area contributed by atoms with E-state index in [0.717, 1.165) is 12.8 Å². The molecule has 92 valence electrons. The van der Waals surface area contributed by atoms with Gasteiger partial charge in [0.2, 0.25) is 0 Å². The molecule has 1 rings (SSSR count). The van der Waals surface area contributed by atoms with E-state index in [1.54, 1.807) is 4.90 Å². The molecule has 16 heavy (non-hydrogen) atoms. The highest BCUT2D eigenvalue weighted by molar-refractivity contribution is 5.83. The average molecular weight is 228 g/mol. The zero-order valence-corrected chi connectivity index (χ0v) is 10.2. The molecule has 1 fully saturated rings. The third-order valence-electron chi connectivity index (χ3n) is 2.65. The summed E-state index contributed by atoms with van der Waals surface area (Å²) in [5.74, 6) is -0.321. The Kier molecular flexibility index (Phi) is 4.58. The Hall–Kier alpha value is -1.26. The van der Waals surface area contributed by atoms with Gasteiger partial charge in [0.05, 0.1) is 7.11 Å². The maximum Gasteiger partial charge on any atom is 0.328 e. The highest BCUT2D eigenvalue weighted by atomic mass is 16.5. The molecule has 0 spiro atoms.